The summed E-state index contributed by atoms with van der Waals surface area (Å²) in [5, 5.41) is 4.70. The highest BCUT2D eigenvalue weighted by atomic mass is 15.3. The zero-order valence-electron chi connectivity index (χ0n) is 12.0. The lowest BCUT2D eigenvalue weighted by molar-refractivity contribution is 0.566. The number of aromatic nitrogens is 3. The van der Waals surface area contributed by atoms with Gasteiger partial charge in [-0.25, -0.2) is 0 Å². The van der Waals surface area contributed by atoms with Crippen LogP contribution in [0.2, 0.25) is 0 Å². The van der Waals surface area contributed by atoms with Crippen molar-refractivity contribution in [1.29, 1.82) is 0 Å². The van der Waals surface area contributed by atoms with Crippen LogP contribution in [0, 0.1) is 0 Å². The zero-order chi connectivity index (χ0) is 13.9. The molecule has 0 unspecified atom stereocenters. The molecule has 0 bridgehead atoms. The number of nitrogens with zero attached hydrogens (tertiary/aromatic N) is 3. The SMILES string of the molecule is Cn1nc(C2CCCCCC2)c(-c2ccccn2)c1N. The van der Waals surface area contributed by atoms with E-state index >= 15 is 0 Å². The van der Waals surface area contributed by atoms with Crippen LogP contribution in [0.1, 0.15) is 50.1 Å². The molecule has 2 heterocycles. The minimum atomic E-state index is 0.526. The van der Waals surface area contributed by atoms with Gasteiger partial charge in [-0.1, -0.05) is 31.7 Å². The molecule has 20 heavy (non-hydrogen) atoms. The van der Waals surface area contributed by atoms with E-state index in [1.54, 1.807) is 4.68 Å². The normalized spacial score (nSPS) is 17.1. The van der Waals surface area contributed by atoms with Crippen LogP contribution in [-0.4, -0.2) is 14.8 Å². The van der Waals surface area contributed by atoms with Crippen molar-refractivity contribution < 1.29 is 0 Å². The summed E-state index contributed by atoms with van der Waals surface area (Å²) >= 11 is 0. The first kappa shape index (κ1) is 13.2. The number of nitrogen functional groups attached to an aromatic ring is 1. The highest BCUT2D eigenvalue weighted by Crippen LogP contribution is 2.38. The van der Waals surface area contributed by atoms with Crippen molar-refractivity contribution in [1.82, 2.24) is 14.8 Å². The number of hydrogen-bond acceptors (Lipinski definition) is 3. The molecule has 2 aromatic rings. The lowest BCUT2D eigenvalue weighted by atomic mass is 9.92. The molecule has 0 aliphatic heterocycles. The summed E-state index contributed by atoms with van der Waals surface area (Å²) in [7, 11) is 1.92. The first-order valence-electron chi connectivity index (χ1n) is 7.51. The third-order valence-electron chi connectivity index (χ3n) is 4.28. The molecule has 0 aromatic carbocycles. The average Bonchev–Trinajstić information content (AvgIpc) is 2.68. The molecule has 0 amide bonds. The molecule has 106 valence electrons. The van der Waals surface area contributed by atoms with E-state index in [-0.39, 0.29) is 0 Å². The molecule has 0 spiro atoms. The van der Waals surface area contributed by atoms with Gasteiger partial charge in [0.05, 0.1) is 17.0 Å². The highest BCUT2D eigenvalue weighted by molar-refractivity contribution is 5.74. The van der Waals surface area contributed by atoms with E-state index < -0.39 is 0 Å². The third-order valence-corrected chi connectivity index (χ3v) is 4.28. The second-order valence-corrected chi connectivity index (χ2v) is 5.67. The Morgan fingerprint density at radius 1 is 1.15 bits per heavy atom. The van der Waals surface area contributed by atoms with Gasteiger partial charge in [0.25, 0.3) is 0 Å². The van der Waals surface area contributed by atoms with Gasteiger partial charge in [-0.15, -0.1) is 0 Å². The topological polar surface area (TPSA) is 56.7 Å². The predicted octanol–water partition coefficient (Wildman–Crippen LogP) is 3.50. The molecular formula is C16H22N4. The van der Waals surface area contributed by atoms with Crippen molar-refractivity contribution in [3.8, 4) is 11.3 Å². The van der Waals surface area contributed by atoms with Crippen LogP contribution >= 0.6 is 0 Å². The van der Waals surface area contributed by atoms with E-state index in [1.807, 2.05) is 31.4 Å². The van der Waals surface area contributed by atoms with Crippen molar-refractivity contribution in [2.24, 2.45) is 7.05 Å². The molecule has 1 fully saturated rings. The molecule has 0 radical (unpaired) electrons. The van der Waals surface area contributed by atoms with Gasteiger partial charge in [0, 0.05) is 19.2 Å². The average molecular weight is 270 g/mol. The summed E-state index contributed by atoms with van der Waals surface area (Å²) in [5.74, 6) is 1.25. The Morgan fingerprint density at radius 2 is 1.90 bits per heavy atom. The lowest BCUT2D eigenvalue weighted by Gasteiger charge is -2.13. The van der Waals surface area contributed by atoms with E-state index in [2.05, 4.69) is 4.98 Å². The monoisotopic (exact) mass is 270 g/mol. The highest BCUT2D eigenvalue weighted by Gasteiger charge is 2.24. The number of aryl methyl sites for hydroxylation is 1. The number of rotatable bonds is 2. The fourth-order valence-corrected chi connectivity index (χ4v) is 3.17. The van der Waals surface area contributed by atoms with Crippen LogP contribution in [0.15, 0.2) is 24.4 Å². The van der Waals surface area contributed by atoms with Crippen LogP contribution in [0.3, 0.4) is 0 Å². The van der Waals surface area contributed by atoms with E-state index in [0.29, 0.717) is 5.92 Å². The predicted molar refractivity (Wildman–Crippen MR) is 81.3 cm³/mol. The molecule has 1 aliphatic carbocycles. The van der Waals surface area contributed by atoms with E-state index in [9.17, 15) is 0 Å². The summed E-state index contributed by atoms with van der Waals surface area (Å²) in [4.78, 5) is 4.47. The molecular weight excluding hydrogens is 248 g/mol. The minimum absolute atomic E-state index is 0.526. The Labute approximate surface area is 120 Å². The smallest absolute Gasteiger partial charge is 0.131 e. The number of pyridine rings is 1. The zero-order valence-corrected chi connectivity index (χ0v) is 12.0. The number of nitrogens with two attached hydrogens (primary N) is 1. The maximum Gasteiger partial charge on any atom is 0.131 e. The van der Waals surface area contributed by atoms with Gasteiger partial charge in [-0.2, -0.15) is 5.10 Å². The standard InChI is InChI=1S/C16H22N4/c1-20-16(17)14(13-10-6-7-11-18-13)15(19-20)12-8-4-2-3-5-9-12/h6-7,10-12H,2-5,8-9,17H2,1H3. The maximum absolute atomic E-state index is 6.24. The van der Waals surface area contributed by atoms with Gasteiger partial charge in [0.15, 0.2) is 0 Å². The van der Waals surface area contributed by atoms with Crippen molar-refractivity contribution in [3.63, 3.8) is 0 Å². The molecule has 4 nitrogen and oxygen atoms in total. The second-order valence-electron chi connectivity index (χ2n) is 5.67. The van der Waals surface area contributed by atoms with E-state index in [4.69, 9.17) is 10.8 Å². The van der Waals surface area contributed by atoms with Crippen molar-refractivity contribution in [2.45, 2.75) is 44.4 Å². The fourth-order valence-electron chi connectivity index (χ4n) is 3.17. The van der Waals surface area contributed by atoms with Crippen molar-refractivity contribution in [3.05, 3.63) is 30.1 Å². The molecule has 1 aliphatic rings. The fraction of sp³-hybridized carbons (Fsp3) is 0.500. The largest absolute Gasteiger partial charge is 0.383 e. The molecule has 0 atom stereocenters. The number of hydrogen-bond donors (Lipinski definition) is 1. The third kappa shape index (κ3) is 2.42. The summed E-state index contributed by atoms with van der Waals surface area (Å²) in [5.41, 5.74) is 9.37. The van der Waals surface area contributed by atoms with E-state index in [0.717, 1.165) is 22.8 Å². The summed E-state index contributed by atoms with van der Waals surface area (Å²) in [6.45, 7) is 0. The minimum Gasteiger partial charge on any atom is -0.383 e. The Balaban J connectivity index is 2.04. The Hall–Kier alpha value is -1.84. The van der Waals surface area contributed by atoms with Crippen LogP contribution in [-0.2, 0) is 7.05 Å². The van der Waals surface area contributed by atoms with Gasteiger partial charge < -0.3 is 5.73 Å². The maximum atomic E-state index is 6.24. The Morgan fingerprint density at radius 3 is 2.55 bits per heavy atom. The molecule has 4 heteroatoms. The van der Waals surface area contributed by atoms with Crippen LogP contribution in [0.5, 0.6) is 0 Å². The summed E-state index contributed by atoms with van der Waals surface area (Å²) in [6.07, 6.45) is 9.53. The Kier molecular flexibility index (Phi) is 3.72. The quantitative estimate of drug-likeness (QED) is 0.850. The van der Waals surface area contributed by atoms with Crippen molar-refractivity contribution >= 4 is 5.82 Å². The van der Waals surface area contributed by atoms with Gasteiger partial charge >= 0.3 is 0 Å². The molecule has 2 aromatic heterocycles. The van der Waals surface area contributed by atoms with Gasteiger partial charge in [0.1, 0.15) is 5.82 Å². The Bertz CT molecular complexity index is 566. The van der Waals surface area contributed by atoms with Gasteiger partial charge in [-0.05, 0) is 25.0 Å². The summed E-state index contributed by atoms with van der Waals surface area (Å²) in [6, 6.07) is 5.96. The summed E-state index contributed by atoms with van der Waals surface area (Å²) < 4.78 is 1.80. The van der Waals surface area contributed by atoms with Crippen LogP contribution in [0.25, 0.3) is 11.3 Å². The van der Waals surface area contributed by atoms with Gasteiger partial charge in [-0.3, -0.25) is 9.67 Å². The molecule has 1 saturated carbocycles. The first-order chi connectivity index (χ1) is 9.77. The lowest BCUT2D eigenvalue weighted by Crippen LogP contribution is -2.01. The number of anilines is 1. The van der Waals surface area contributed by atoms with Crippen LogP contribution in [0.4, 0.5) is 5.82 Å². The molecule has 3 rings (SSSR count). The van der Waals surface area contributed by atoms with Crippen LogP contribution < -0.4 is 5.73 Å². The molecule has 2 N–H and O–H groups in total. The van der Waals surface area contributed by atoms with E-state index in [1.165, 1.54) is 38.5 Å². The van der Waals surface area contributed by atoms with Crippen molar-refractivity contribution in [2.75, 3.05) is 5.73 Å². The van der Waals surface area contributed by atoms with Gasteiger partial charge in [0.2, 0.25) is 0 Å². The second kappa shape index (κ2) is 5.65. The first-order valence-corrected chi connectivity index (χ1v) is 7.51. The molecule has 0 saturated heterocycles.